The standard InChI is InChI=1S/C13H18FN.H2S/c14-13-7-5-11(6-8-13)3-4-12-2-1-9-15-10-12;/h5-8,12,15H,1-4,9-10H2;1H2/t12-;/m1./s1. The van der Waals surface area contributed by atoms with E-state index in [-0.39, 0.29) is 19.3 Å². The van der Waals surface area contributed by atoms with Crippen molar-refractivity contribution in [2.24, 2.45) is 5.92 Å². The molecule has 1 heterocycles. The molecule has 1 N–H and O–H groups in total. The molecule has 1 aliphatic heterocycles. The highest BCUT2D eigenvalue weighted by Crippen LogP contribution is 2.17. The molecular formula is C13H20FNS. The van der Waals surface area contributed by atoms with Crippen LogP contribution in [0.5, 0.6) is 0 Å². The molecule has 1 atom stereocenters. The highest BCUT2D eigenvalue weighted by molar-refractivity contribution is 7.59. The van der Waals surface area contributed by atoms with Crippen molar-refractivity contribution in [2.75, 3.05) is 13.1 Å². The third kappa shape index (κ3) is 4.14. The fourth-order valence-electron chi connectivity index (χ4n) is 2.19. The summed E-state index contributed by atoms with van der Waals surface area (Å²) in [6.07, 6.45) is 4.94. The molecule has 1 fully saturated rings. The number of hydrogen-bond donors (Lipinski definition) is 1. The van der Waals surface area contributed by atoms with E-state index in [4.69, 9.17) is 0 Å². The molecule has 0 unspecified atom stereocenters. The summed E-state index contributed by atoms with van der Waals surface area (Å²) in [6.45, 7) is 2.33. The second-order valence-electron chi connectivity index (χ2n) is 4.38. The molecule has 0 bridgehead atoms. The monoisotopic (exact) mass is 241 g/mol. The smallest absolute Gasteiger partial charge is 0.123 e. The van der Waals surface area contributed by atoms with E-state index in [0.29, 0.717) is 0 Å². The van der Waals surface area contributed by atoms with Gasteiger partial charge in [-0.05, 0) is 62.4 Å². The second kappa shape index (κ2) is 6.92. The molecule has 16 heavy (non-hydrogen) atoms. The average molecular weight is 241 g/mol. The first-order chi connectivity index (χ1) is 7.34. The van der Waals surface area contributed by atoms with Gasteiger partial charge in [-0.15, -0.1) is 0 Å². The van der Waals surface area contributed by atoms with E-state index in [2.05, 4.69) is 5.32 Å². The lowest BCUT2D eigenvalue weighted by molar-refractivity contribution is 0.358. The number of benzene rings is 1. The van der Waals surface area contributed by atoms with Crippen molar-refractivity contribution in [1.82, 2.24) is 5.32 Å². The zero-order chi connectivity index (χ0) is 10.5. The van der Waals surface area contributed by atoms with Crippen LogP contribution in [0.3, 0.4) is 0 Å². The van der Waals surface area contributed by atoms with E-state index < -0.39 is 0 Å². The molecule has 90 valence electrons. The van der Waals surface area contributed by atoms with Crippen molar-refractivity contribution < 1.29 is 4.39 Å². The summed E-state index contributed by atoms with van der Waals surface area (Å²) in [5.74, 6) is 0.668. The minimum absolute atomic E-state index is 0. The molecule has 0 aromatic heterocycles. The van der Waals surface area contributed by atoms with Gasteiger partial charge in [0.2, 0.25) is 0 Å². The number of hydrogen-bond acceptors (Lipinski definition) is 1. The quantitative estimate of drug-likeness (QED) is 0.858. The molecule has 1 saturated heterocycles. The first kappa shape index (κ1) is 13.5. The summed E-state index contributed by atoms with van der Waals surface area (Å²) in [5.41, 5.74) is 1.25. The number of aryl methyl sites for hydroxylation is 1. The Morgan fingerprint density at radius 3 is 2.62 bits per heavy atom. The van der Waals surface area contributed by atoms with Gasteiger partial charge >= 0.3 is 0 Å². The summed E-state index contributed by atoms with van der Waals surface area (Å²) in [5, 5.41) is 3.42. The molecule has 1 aromatic carbocycles. The Morgan fingerprint density at radius 1 is 1.25 bits per heavy atom. The van der Waals surface area contributed by atoms with Gasteiger partial charge in [0.1, 0.15) is 5.82 Å². The highest BCUT2D eigenvalue weighted by atomic mass is 32.1. The van der Waals surface area contributed by atoms with Gasteiger partial charge in [-0.25, -0.2) is 4.39 Å². The first-order valence-electron chi connectivity index (χ1n) is 5.80. The van der Waals surface area contributed by atoms with Crippen LogP contribution in [0, 0.1) is 11.7 Å². The fourth-order valence-corrected chi connectivity index (χ4v) is 2.19. The number of piperidine rings is 1. The molecule has 0 spiro atoms. The molecule has 1 aliphatic rings. The minimum Gasteiger partial charge on any atom is -0.316 e. The molecule has 1 aromatic rings. The molecule has 0 amide bonds. The topological polar surface area (TPSA) is 12.0 Å². The maximum absolute atomic E-state index is 12.7. The zero-order valence-electron chi connectivity index (χ0n) is 9.51. The van der Waals surface area contributed by atoms with Crippen LogP contribution < -0.4 is 5.32 Å². The average Bonchev–Trinajstić information content (AvgIpc) is 2.30. The molecule has 2 rings (SSSR count). The van der Waals surface area contributed by atoms with Crippen molar-refractivity contribution in [3.8, 4) is 0 Å². The molecular weight excluding hydrogens is 221 g/mol. The van der Waals surface area contributed by atoms with Gasteiger partial charge in [0.15, 0.2) is 0 Å². The van der Waals surface area contributed by atoms with Crippen molar-refractivity contribution in [1.29, 1.82) is 0 Å². The van der Waals surface area contributed by atoms with E-state index in [1.165, 1.54) is 31.4 Å². The lowest BCUT2D eigenvalue weighted by Crippen LogP contribution is -2.29. The highest BCUT2D eigenvalue weighted by Gasteiger charge is 2.12. The van der Waals surface area contributed by atoms with E-state index >= 15 is 0 Å². The van der Waals surface area contributed by atoms with Crippen molar-refractivity contribution in [2.45, 2.75) is 25.7 Å². The Balaban J connectivity index is 0.00000128. The number of halogens is 1. The minimum atomic E-state index is -0.141. The van der Waals surface area contributed by atoms with Crippen LogP contribution in [0.15, 0.2) is 24.3 Å². The van der Waals surface area contributed by atoms with Gasteiger partial charge < -0.3 is 5.32 Å². The Labute approximate surface area is 104 Å². The Hall–Kier alpha value is -0.540. The zero-order valence-corrected chi connectivity index (χ0v) is 10.5. The largest absolute Gasteiger partial charge is 0.316 e. The molecule has 0 saturated carbocycles. The van der Waals surface area contributed by atoms with Gasteiger partial charge in [-0.1, -0.05) is 12.1 Å². The van der Waals surface area contributed by atoms with Crippen molar-refractivity contribution in [3.05, 3.63) is 35.6 Å². The molecule has 0 radical (unpaired) electrons. The number of rotatable bonds is 3. The van der Waals surface area contributed by atoms with Crippen molar-refractivity contribution in [3.63, 3.8) is 0 Å². The van der Waals surface area contributed by atoms with Gasteiger partial charge in [0, 0.05) is 0 Å². The lowest BCUT2D eigenvalue weighted by Gasteiger charge is -2.22. The van der Waals surface area contributed by atoms with Crippen molar-refractivity contribution >= 4 is 13.5 Å². The maximum Gasteiger partial charge on any atom is 0.123 e. The van der Waals surface area contributed by atoms with Crippen LogP contribution in [0.2, 0.25) is 0 Å². The fraction of sp³-hybridized carbons (Fsp3) is 0.538. The Morgan fingerprint density at radius 2 is 2.00 bits per heavy atom. The van der Waals surface area contributed by atoms with Crippen LogP contribution in [-0.4, -0.2) is 13.1 Å². The Kier molecular flexibility index (Phi) is 5.85. The van der Waals surface area contributed by atoms with Crippen LogP contribution >= 0.6 is 13.5 Å². The van der Waals surface area contributed by atoms with Gasteiger partial charge in [-0.3, -0.25) is 0 Å². The lowest BCUT2D eigenvalue weighted by atomic mass is 9.93. The van der Waals surface area contributed by atoms with E-state index in [0.717, 1.165) is 18.9 Å². The normalized spacial score (nSPS) is 20.2. The van der Waals surface area contributed by atoms with E-state index in [1.54, 1.807) is 12.1 Å². The predicted octanol–water partition coefficient (Wildman–Crippen LogP) is 2.87. The SMILES string of the molecule is Fc1ccc(CC[C@H]2CCCNC2)cc1.S. The van der Waals surface area contributed by atoms with Crippen LogP contribution in [0.1, 0.15) is 24.8 Å². The summed E-state index contributed by atoms with van der Waals surface area (Å²) in [7, 11) is 0. The molecule has 1 nitrogen and oxygen atoms in total. The second-order valence-corrected chi connectivity index (χ2v) is 4.38. The van der Waals surface area contributed by atoms with E-state index in [9.17, 15) is 4.39 Å². The van der Waals surface area contributed by atoms with Crippen LogP contribution in [-0.2, 0) is 6.42 Å². The first-order valence-corrected chi connectivity index (χ1v) is 5.80. The van der Waals surface area contributed by atoms with E-state index in [1.807, 2.05) is 12.1 Å². The summed E-state index contributed by atoms with van der Waals surface area (Å²) < 4.78 is 12.7. The summed E-state index contributed by atoms with van der Waals surface area (Å²) >= 11 is 0. The third-order valence-corrected chi connectivity index (χ3v) is 3.15. The van der Waals surface area contributed by atoms with Crippen LogP contribution in [0.4, 0.5) is 4.39 Å². The molecule has 0 aliphatic carbocycles. The Bertz CT molecular complexity index is 293. The summed E-state index contributed by atoms with van der Waals surface area (Å²) in [4.78, 5) is 0. The number of nitrogens with one attached hydrogen (secondary N) is 1. The summed E-state index contributed by atoms with van der Waals surface area (Å²) in [6, 6.07) is 6.89. The van der Waals surface area contributed by atoms with Gasteiger partial charge in [-0.2, -0.15) is 13.5 Å². The maximum atomic E-state index is 12.7. The third-order valence-electron chi connectivity index (χ3n) is 3.15. The molecule has 3 heteroatoms. The predicted molar refractivity (Wildman–Crippen MR) is 70.7 cm³/mol. The van der Waals surface area contributed by atoms with Crippen LogP contribution in [0.25, 0.3) is 0 Å². The van der Waals surface area contributed by atoms with Gasteiger partial charge in [0.25, 0.3) is 0 Å². The van der Waals surface area contributed by atoms with Gasteiger partial charge in [0.05, 0.1) is 0 Å².